The van der Waals surface area contributed by atoms with E-state index in [4.69, 9.17) is 5.11 Å². The van der Waals surface area contributed by atoms with Gasteiger partial charge >= 0.3 is 0 Å². The number of hydrogen-bond donors (Lipinski definition) is 1. The Labute approximate surface area is 142 Å². The molecule has 0 unspecified atom stereocenters. The zero-order valence-electron chi connectivity index (χ0n) is 14.1. The maximum absolute atomic E-state index is 12.4. The number of amides is 1. The van der Waals surface area contributed by atoms with Crippen molar-refractivity contribution in [1.29, 1.82) is 0 Å². The number of aliphatic hydroxyl groups excluding tert-OH is 1. The van der Waals surface area contributed by atoms with Crippen molar-refractivity contribution in [2.75, 3.05) is 13.2 Å². The Kier molecular flexibility index (Phi) is 4.81. The quantitative estimate of drug-likeness (QED) is 0.830. The van der Waals surface area contributed by atoms with Crippen molar-refractivity contribution in [3.05, 3.63) is 53.4 Å². The van der Waals surface area contributed by atoms with Crippen molar-refractivity contribution < 1.29 is 9.90 Å². The van der Waals surface area contributed by atoms with Gasteiger partial charge < -0.3 is 10.0 Å². The van der Waals surface area contributed by atoms with Crippen LogP contribution in [0.1, 0.15) is 29.8 Å². The summed E-state index contributed by atoms with van der Waals surface area (Å²) in [5.74, 6) is -0.0437. The average molecular weight is 325 g/mol. The second-order valence-corrected chi connectivity index (χ2v) is 6.15. The number of carbonyl (C=O) groups excluding carboxylic acids is 1. The van der Waals surface area contributed by atoms with Crippen LogP contribution in [0.25, 0.3) is 11.8 Å². The molecular formula is C19H23N3O2. The second-order valence-electron chi connectivity index (χ2n) is 6.15. The fourth-order valence-electron chi connectivity index (χ4n) is 2.93. The van der Waals surface area contributed by atoms with Crippen molar-refractivity contribution in [2.45, 2.75) is 32.7 Å². The van der Waals surface area contributed by atoms with E-state index in [-0.39, 0.29) is 12.5 Å². The summed E-state index contributed by atoms with van der Waals surface area (Å²) in [4.78, 5) is 14.1. The van der Waals surface area contributed by atoms with E-state index in [0.717, 1.165) is 35.5 Å². The third-order valence-corrected chi connectivity index (χ3v) is 4.35. The van der Waals surface area contributed by atoms with Crippen LogP contribution in [0.3, 0.4) is 0 Å². The highest BCUT2D eigenvalue weighted by molar-refractivity contribution is 5.92. The van der Waals surface area contributed by atoms with Gasteiger partial charge in [-0.15, -0.1) is 0 Å². The SMILES string of the molecule is Cc1nn(-c2ccccc2)c(C)c1/C=C/C(=O)N(CCO)C1CC1. The lowest BCUT2D eigenvalue weighted by Crippen LogP contribution is -2.34. The molecule has 0 bridgehead atoms. The van der Waals surface area contributed by atoms with Gasteiger partial charge in [-0.25, -0.2) is 4.68 Å². The Hall–Kier alpha value is -2.40. The van der Waals surface area contributed by atoms with Crippen LogP contribution >= 0.6 is 0 Å². The largest absolute Gasteiger partial charge is 0.395 e. The van der Waals surface area contributed by atoms with Crippen molar-refractivity contribution in [3.8, 4) is 5.69 Å². The first-order valence-electron chi connectivity index (χ1n) is 8.33. The van der Waals surface area contributed by atoms with Gasteiger partial charge in [-0.3, -0.25) is 4.79 Å². The van der Waals surface area contributed by atoms with Gasteiger partial charge in [0.05, 0.1) is 18.0 Å². The van der Waals surface area contributed by atoms with E-state index in [1.165, 1.54) is 0 Å². The van der Waals surface area contributed by atoms with Gasteiger partial charge in [0, 0.05) is 29.9 Å². The van der Waals surface area contributed by atoms with E-state index in [0.29, 0.717) is 12.6 Å². The first-order valence-corrected chi connectivity index (χ1v) is 8.33. The number of nitrogens with zero attached hydrogens (tertiary/aromatic N) is 3. The molecule has 3 rings (SSSR count). The molecule has 1 N–H and O–H groups in total. The molecule has 0 saturated heterocycles. The Morgan fingerprint density at radius 3 is 2.67 bits per heavy atom. The van der Waals surface area contributed by atoms with Crippen LogP contribution in [-0.4, -0.2) is 44.9 Å². The molecule has 1 amide bonds. The number of carbonyl (C=O) groups is 1. The van der Waals surface area contributed by atoms with Crippen molar-refractivity contribution >= 4 is 12.0 Å². The van der Waals surface area contributed by atoms with Gasteiger partial charge in [-0.2, -0.15) is 5.10 Å². The summed E-state index contributed by atoms with van der Waals surface area (Å²) in [7, 11) is 0. The number of para-hydroxylation sites is 1. The number of benzene rings is 1. The summed E-state index contributed by atoms with van der Waals surface area (Å²) in [5.41, 5.74) is 3.86. The van der Waals surface area contributed by atoms with Crippen LogP contribution < -0.4 is 0 Å². The Morgan fingerprint density at radius 2 is 2.04 bits per heavy atom. The van der Waals surface area contributed by atoms with Crippen molar-refractivity contribution in [1.82, 2.24) is 14.7 Å². The van der Waals surface area contributed by atoms with Gasteiger partial charge in [0.1, 0.15) is 0 Å². The van der Waals surface area contributed by atoms with Crippen LogP contribution in [0.5, 0.6) is 0 Å². The molecule has 2 aromatic rings. The van der Waals surface area contributed by atoms with E-state index in [9.17, 15) is 4.79 Å². The van der Waals surface area contributed by atoms with Crippen LogP contribution in [-0.2, 0) is 4.79 Å². The lowest BCUT2D eigenvalue weighted by molar-refractivity contribution is -0.127. The molecule has 1 heterocycles. The lowest BCUT2D eigenvalue weighted by atomic mass is 10.1. The fraction of sp³-hybridized carbons (Fsp3) is 0.368. The van der Waals surface area contributed by atoms with Crippen LogP contribution in [0.15, 0.2) is 36.4 Å². The molecular weight excluding hydrogens is 302 g/mol. The van der Waals surface area contributed by atoms with Crippen LogP contribution in [0.2, 0.25) is 0 Å². The molecule has 1 fully saturated rings. The van der Waals surface area contributed by atoms with E-state index in [1.54, 1.807) is 11.0 Å². The maximum atomic E-state index is 12.4. The monoisotopic (exact) mass is 325 g/mol. The molecule has 1 aliphatic rings. The summed E-state index contributed by atoms with van der Waals surface area (Å²) >= 11 is 0. The predicted octanol–water partition coefficient (Wildman–Crippen LogP) is 2.49. The molecule has 1 saturated carbocycles. The molecule has 0 aliphatic heterocycles. The zero-order valence-corrected chi connectivity index (χ0v) is 14.1. The van der Waals surface area contributed by atoms with Gasteiger partial charge in [-0.05, 0) is 44.9 Å². The zero-order chi connectivity index (χ0) is 17.1. The van der Waals surface area contributed by atoms with Crippen molar-refractivity contribution in [2.24, 2.45) is 0 Å². The summed E-state index contributed by atoms with van der Waals surface area (Å²) in [6, 6.07) is 10.2. The Morgan fingerprint density at radius 1 is 1.33 bits per heavy atom. The number of aryl methyl sites for hydroxylation is 1. The Bertz CT molecular complexity index is 745. The third kappa shape index (κ3) is 3.41. The molecule has 1 aliphatic carbocycles. The molecule has 126 valence electrons. The van der Waals surface area contributed by atoms with Gasteiger partial charge in [0.15, 0.2) is 0 Å². The molecule has 24 heavy (non-hydrogen) atoms. The van der Waals surface area contributed by atoms with Crippen LogP contribution in [0.4, 0.5) is 0 Å². The topological polar surface area (TPSA) is 58.4 Å². The first kappa shape index (κ1) is 16.5. The maximum Gasteiger partial charge on any atom is 0.246 e. The smallest absolute Gasteiger partial charge is 0.246 e. The second kappa shape index (κ2) is 7.01. The average Bonchev–Trinajstić information content (AvgIpc) is 3.38. The van der Waals surface area contributed by atoms with E-state index in [2.05, 4.69) is 5.10 Å². The van der Waals surface area contributed by atoms with Gasteiger partial charge in [0.2, 0.25) is 5.91 Å². The minimum Gasteiger partial charge on any atom is -0.395 e. The van der Waals surface area contributed by atoms with Crippen molar-refractivity contribution in [3.63, 3.8) is 0 Å². The molecule has 1 aromatic heterocycles. The molecule has 0 atom stereocenters. The van der Waals surface area contributed by atoms with Gasteiger partial charge in [0.25, 0.3) is 0 Å². The highest BCUT2D eigenvalue weighted by Crippen LogP contribution is 2.27. The van der Waals surface area contributed by atoms with Gasteiger partial charge in [-0.1, -0.05) is 18.2 Å². The number of hydrogen-bond acceptors (Lipinski definition) is 3. The van der Waals surface area contributed by atoms with E-state index >= 15 is 0 Å². The number of aliphatic hydroxyl groups is 1. The first-order chi connectivity index (χ1) is 11.6. The minimum absolute atomic E-state index is 0.0000747. The summed E-state index contributed by atoms with van der Waals surface area (Å²) in [6.07, 6.45) is 5.50. The molecule has 0 spiro atoms. The minimum atomic E-state index is -0.0437. The summed E-state index contributed by atoms with van der Waals surface area (Å²) in [5, 5.41) is 13.7. The summed E-state index contributed by atoms with van der Waals surface area (Å²) in [6.45, 7) is 4.35. The third-order valence-electron chi connectivity index (χ3n) is 4.35. The highest BCUT2D eigenvalue weighted by atomic mass is 16.3. The predicted molar refractivity (Wildman–Crippen MR) is 93.9 cm³/mol. The van der Waals surface area contributed by atoms with Crippen LogP contribution in [0, 0.1) is 13.8 Å². The fourth-order valence-corrected chi connectivity index (χ4v) is 2.93. The molecule has 0 radical (unpaired) electrons. The molecule has 1 aromatic carbocycles. The number of aromatic nitrogens is 2. The van der Waals surface area contributed by atoms with E-state index in [1.807, 2.05) is 54.9 Å². The normalized spacial score (nSPS) is 14.3. The number of rotatable bonds is 6. The standard InChI is InChI=1S/C19H23N3O2/c1-14-18(10-11-19(24)21(12-13-23)16-8-9-16)15(2)22(20-14)17-6-4-3-5-7-17/h3-7,10-11,16,23H,8-9,12-13H2,1-2H3/b11-10+. The lowest BCUT2D eigenvalue weighted by Gasteiger charge is -2.19. The highest BCUT2D eigenvalue weighted by Gasteiger charge is 2.31. The molecule has 5 nitrogen and oxygen atoms in total. The summed E-state index contributed by atoms with van der Waals surface area (Å²) < 4.78 is 1.89. The van der Waals surface area contributed by atoms with E-state index < -0.39 is 0 Å². The Balaban J connectivity index is 1.82. The molecule has 5 heteroatoms.